The summed E-state index contributed by atoms with van der Waals surface area (Å²) < 4.78 is 9.68. The molecule has 0 radical (unpaired) electrons. The van der Waals surface area contributed by atoms with Crippen LogP contribution in [0.15, 0.2) is 0 Å². The van der Waals surface area contributed by atoms with E-state index in [4.69, 9.17) is 14.6 Å². The van der Waals surface area contributed by atoms with Crippen molar-refractivity contribution >= 4 is 23.6 Å². The maximum absolute atomic E-state index is 11.6. The maximum Gasteiger partial charge on any atom is 0.325 e. The van der Waals surface area contributed by atoms with Gasteiger partial charge >= 0.3 is 11.9 Å². The minimum atomic E-state index is -0.981. The van der Waals surface area contributed by atoms with E-state index in [-0.39, 0.29) is 37.8 Å². The predicted octanol–water partition coefficient (Wildman–Crippen LogP) is -1.08. The fourth-order valence-electron chi connectivity index (χ4n) is 1.65. The molecule has 0 aromatic rings. The van der Waals surface area contributed by atoms with Crippen LogP contribution in [0.3, 0.4) is 0 Å². The van der Waals surface area contributed by atoms with Crippen molar-refractivity contribution in [2.45, 2.75) is 38.7 Å². The summed E-state index contributed by atoms with van der Waals surface area (Å²) in [5.41, 5.74) is 0. The first kappa shape index (κ1) is 22.0. The number of carbonyl (C=O) groups excluding carboxylic acids is 4. The molecular formula is C15H26N2O7. The Hall–Kier alpha value is -2.00. The van der Waals surface area contributed by atoms with Crippen LogP contribution in [0.5, 0.6) is 0 Å². The number of likely N-dealkylation sites (N-methyl/N-ethyl adjacent to an activating group) is 1. The monoisotopic (exact) mass is 346 g/mol. The molecule has 0 aliphatic heterocycles. The van der Waals surface area contributed by atoms with Gasteiger partial charge in [0.25, 0.3) is 0 Å². The van der Waals surface area contributed by atoms with E-state index in [1.807, 2.05) is 0 Å². The van der Waals surface area contributed by atoms with Crippen molar-refractivity contribution in [2.24, 2.45) is 0 Å². The SMILES string of the molecule is CNCC(=O)OCC(CO)OC(=O)CNC(=O)CCCCC(C)=O. The van der Waals surface area contributed by atoms with Crippen molar-refractivity contribution in [2.75, 3.05) is 33.4 Å². The number of rotatable bonds is 13. The fraction of sp³-hybridized carbons (Fsp3) is 0.733. The number of unbranched alkanes of at least 4 members (excludes halogenated alkanes) is 1. The largest absolute Gasteiger partial charge is 0.461 e. The molecular weight excluding hydrogens is 320 g/mol. The number of amides is 1. The molecule has 1 atom stereocenters. The highest BCUT2D eigenvalue weighted by molar-refractivity contribution is 5.82. The third kappa shape index (κ3) is 12.5. The molecule has 0 aliphatic carbocycles. The molecule has 9 nitrogen and oxygen atoms in total. The van der Waals surface area contributed by atoms with Crippen LogP contribution in [0.2, 0.25) is 0 Å². The number of carbonyl (C=O) groups is 4. The van der Waals surface area contributed by atoms with Crippen molar-refractivity contribution in [1.82, 2.24) is 10.6 Å². The zero-order valence-electron chi connectivity index (χ0n) is 14.1. The van der Waals surface area contributed by atoms with Crippen LogP contribution in [0.4, 0.5) is 0 Å². The highest BCUT2D eigenvalue weighted by Crippen LogP contribution is 2.00. The van der Waals surface area contributed by atoms with Crippen LogP contribution in [0.1, 0.15) is 32.6 Å². The van der Waals surface area contributed by atoms with Gasteiger partial charge in [-0.2, -0.15) is 0 Å². The molecule has 0 rings (SSSR count). The minimum Gasteiger partial charge on any atom is -0.461 e. The molecule has 138 valence electrons. The molecule has 0 bridgehead atoms. The van der Waals surface area contributed by atoms with E-state index in [1.165, 1.54) is 6.92 Å². The lowest BCUT2D eigenvalue weighted by Gasteiger charge is -2.16. The second-order valence-corrected chi connectivity index (χ2v) is 5.19. The van der Waals surface area contributed by atoms with Gasteiger partial charge in [-0.1, -0.05) is 0 Å². The number of aliphatic hydroxyl groups is 1. The Labute approximate surface area is 141 Å². The summed E-state index contributed by atoms with van der Waals surface area (Å²) in [6, 6.07) is 0. The molecule has 1 unspecified atom stereocenters. The Morgan fingerprint density at radius 1 is 1.04 bits per heavy atom. The maximum atomic E-state index is 11.6. The summed E-state index contributed by atoms with van der Waals surface area (Å²) in [4.78, 5) is 45.0. The molecule has 0 saturated carbocycles. The zero-order valence-corrected chi connectivity index (χ0v) is 14.1. The molecule has 3 N–H and O–H groups in total. The molecule has 24 heavy (non-hydrogen) atoms. The number of hydrogen-bond donors (Lipinski definition) is 3. The van der Waals surface area contributed by atoms with Gasteiger partial charge in [0.05, 0.1) is 13.2 Å². The van der Waals surface area contributed by atoms with Gasteiger partial charge in [0, 0.05) is 12.8 Å². The van der Waals surface area contributed by atoms with Crippen molar-refractivity contribution in [3.63, 3.8) is 0 Å². The van der Waals surface area contributed by atoms with Gasteiger partial charge in [0.1, 0.15) is 18.9 Å². The minimum absolute atomic E-state index is 0.00573. The van der Waals surface area contributed by atoms with Crippen LogP contribution in [-0.4, -0.2) is 68.2 Å². The second-order valence-electron chi connectivity index (χ2n) is 5.19. The first-order chi connectivity index (χ1) is 11.4. The lowest BCUT2D eigenvalue weighted by atomic mass is 10.1. The van der Waals surface area contributed by atoms with Crippen molar-refractivity contribution in [3.05, 3.63) is 0 Å². The van der Waals surface area contributed by atoms with E-state index in [1.54, 1.807) is 7.05 Å². The van der Waals surface area contributed by atoms with Crippen molar-refractivity contribution < 1.29 is 33.8 Å². The number of Topliss-reactive ketones (excluding diaryl/α,β-unsaturated/α-hetero) is 1. The standard InChI is InChI=1S/C15H26N2O7/c1-11(19)5-3-4-6-13(20)17-8-15(22)24-12(9-18)10-23-14(21)7-16-2/h12,16,18H,3-10H2,1-2H3,(H,17,20). The van der Waals surface area contributed by atoms with Crippen LogP contribution in [0, 0.1) is 0 Å². The Bertz CT molecular complexity index is 426. The summed E-state index contributed by atoms with van der Waals surface area (Å²) in [7, 11) is 1.58. The van der Waals surface area contributed by atoms with E-state index < -0.39 is 24.6 Å². The molecule has 9 heteroatoms. The molecule has 0 heterocycles. The van der Waals surface area contributed by atoms with Gasteiger partial charge in [-0.3, -0.25) is 14.4 Å². The summed E-state index contributed by atoms with van der Waals surface area (Å²) in [6.07, 6.45) is 0.843. The van der Waals surface area contributed by atoms with E-state index in [9.17, 15) is 19.2 Å². The molecule has 0 aliphatic rings. The predicted molar refractivity (Wildman–Crippen MR) is 84.0 cm³/mol. The van der Waals surface area contributed by atoms with Crippen LogP contribution < -0.4 is 10.6 Å². The number of aliphatic hydroxyl groups excluding tert-OH is 1. The van der Waals surface area contributed by atoms with Crippen LogP contribution >= 0.6 is 0 Å². The number of hydrogen-bond acceptors (Lipinski definition) is 8. The Kier molecular flexibility index (Phi) is 12.3. The average Bonchev–Trinajstić information content (AvgIpc) is 2.53. The Morgan fingerprint density at radius 3 is 2.29 bits per heavy atom. The Balaban J connectivity index is 3.90. The van der Waals surface area contributed by atoms with Crippen LogP contribution in [0.25, 0.3) is 0 Å². The molecule has 0 spiro atoms. The third-order valence-corrected chi connectivity index (χ3v) is 2.87. The summed E-state index contributed by atoms with van der Waals surface area (Å²) in [6.45, 7) is 0.390. The van der Waals surface area contributed by atoms with Gasteiger partial charge in [-0.05, 0) is 26.8 Å². The van der Waals surface area contributed by atoms with Gasteiger partial charge in [-0.15, -0.1) is 0 Å². The molecule has 0 fully saturated rings. The normalized spacial score (nSPS) is 11.5. The van der Waals surface area contributed by atoms with Crippen molar-refractivity contribution in [3.8, 4) is 0 Å². The van der Waals surface area contributed by atoms with E-state index >= 15 is 0 Å². The van der Waals surface area contributed by atoms with E-state index in [0.29, 0.717) is 19.3 Å². The lowest BCUT2D eigenvalue weighted by Crippen LogP contribution is -2.36. The summed E-state index contributed by atoms with van der Waals surface area (Å²) in [5, 5.41) is 14.1. The topological polar surface area (TPSA) is 131 Å². The molecule has 1 amide bonds. The molecule has 0 aromatic carbocycles. The number of ether oxygens (including phenoxy) is 2. The second kappa shape index (κ2) is 13.4. The average molecular weight is 346 g/mol. The lowest BCUT2D eigenvalue weighted by molar-refractivity contribution is -0.160. The van der Waals surface area contributed by atoms with Crippen LogP contribution in [-0.2, 0) is 28.7 Å². The molecule has 0 aromatic heterocycles. The highest BCUT2D eigenvalue weighted by atomic mass is 16.6. The zero-order chi connectivity index (χ0) is 18.4. The van der Waals surface area contributed by atoms with Gasteiger partial charge in [0.15, 0.2) is 6.10 Å². The first-order valence-corrected chi connectivity index (χ1v) is 7.75. The quantitative estimate of drug-likeness (QED) is 0.283. The van der Waals surface area contributed by atoms with E-state index in [2.05, 4.69) is 10.6 Å². The number of nitrogens with one attached hydrogen (secondary N) is 2. The number of esters is 2. The smallest absolute Gasteiger partial charge is 0.325 e. The van der Waals surface area contributed by atoms with Crippen molar-refractivity contribution in [1.29, 1.82) is 0 Å². The highest BCUT2D eigenvalue weighted by Gasteiger charge is 2.16. The first-order valence-electron chi connectivity index (χ1n) is 7.75. The van der Waals surface area contributed by atoms with E-state index in [0.717, 1.165) is 0 Å². The summed E-state index contributed by atoms with van der Waals surface area (Å²) in [5.74, 6) is -1.53. The fourth-order valence-corrected chi connectivity index (χ4v) is 1.65. The van der Waals surface area contributed by atoms with Gasteiger partial charge in [0.2, 0.25) is 5.91 Å². The summed E-state index contributed by atoms with van der Waals surface area (Å²) >= 11 is 0. The Morgan fingerprint density at radius 2 is 1.71 bits per heavy atom. The van der Waals surface area contributed by atoms with Gasteiger partial charge < -0.3 is 30.0 Å². The third-order valence-electron chi connectivity index (χ3n) is 2.87. The van der Waals surface area contributed by atoms with Gasteiger partial charge in [-0.25, -0.2) is 0 Å². The number of ketones is 1. The molecule has 0 saturated heterocycles.